The first-order chi connectivity index (χ1) is 14.1. The maximum atomic E-state index is 10.5. The van der Waals surface area contributed by atoms with Gasteiger partial charge in [0.05, 0.1) is 18.8 Å². The largest absolute Gasteiger partial charge is 0.481 e. The van der Waals surface area contributed by atoms with Crippen LogP contribution in [-0.4, -0.2) is 28.4 Å². The van der Waals surface area contributed by atoms with E-state index in [-0.39, 0.29) is 18.6 Å². The molecular weight excluding hydrogens is 364 g/mol. The zero-order valence-electron chi connectivity index (χ0n) is 18.4. The van der Waals surface area contributed by atoms with Crippen LogP contribution in [-0.2, 0) is 16.1 Å². The topological polar surface area (TPSA) is 66.8 Å². The molecule has 0 radical (unpaired) electrons. The van der Waals surface area contributed by atoms with Gasteiger partial charge in [-0.15, -0.1) is 0 Å². The second kappa shape index (κ2) is 17.5. The molecule has 0 aliphatic carbocycles. The average molecular weight is 407 g/mol. The van der Waals surface area contributed by atoms with Crippen molar-refractivity contribution in [3.8, 4) is 0 Å². The van der Waals surface area contributed by atoms with E-state index in [2.05, 4.69) is 19.1 Å². The van der Waals surface area contributed by atoms with Crippen LogP contribution in [0, 0.1) is 0 Å². The molecule has 0 aliphatic rings. The molecule has 0 saturated carbocycles. The minimum atomic E-state index is -0.694. The van der Waals surface area contributed by atoms with Crippen molar-refractivity contribution in [2.45, 2.75) is 116 Å². The lowest BCUT2D eigenvalue weighted by Crippen LogP contribution is -2.17. The lowest BCUT2D eigenvalue weighted by atomic mass is 10.00. The van der Waals surface area contributed by atoms with Crippen LogP contribution in [0.3, 0.4) is 0 Å². The van der Waals surface area contributed by atoms with Crippen LogP contribution in [0.5, 0.6) is 0 Å². The first kappa shape index (κ1) is 25.6. The Balaban J connectivity index is 2.27. The number of unbranched alkanes of at least 4 members (excludes halogenated alkanes) is 7. The van der Waals surface area contributed by atoms with E-state index in [0.29, 0.717) is 6.61 Å². The maximum Gasteiger partial charge on any atom is 0.303 e. The van der Waals surface area contributed by atoms with E-state index < -0.39 is 5.97 Å². The van der Waals surface area contributed by atoms with E-state index in [4.69, 9.17) is 9.84 Å². The van der Waals surface area contributed by atoms with Crippen molar-refractivity contribution < 1.29 is 19.7 Å². The molecule has 0 fully saturated rings. The number of hydrogen-bond donors (Lipinski definition) is 2. The highest BCUT2D eigenvalue weighted by Gasteiger charge is 2.13. The van der Waals surface area contributed by atoms with Crippen molar-refractivity contribution in [3.63, 3.8) is 0 Å². The Morgan fingerprint density at radius 3 is 2.21 bits per heavy atom. The fourth-order valence-electron chi connectivity index (χ4n) is 3.61. The Morgan fingerprint density at radius 1 is 0.862 bits per heavy atom. The smallest absolute Gasteiger partial charge is 0.303 e. The highest BCUT2D eigenvalue weighted by Crippen LogP contribution is 2.18. The van der Waals surface area contributed by atoms with Crippen molar-refractivity contribution >= 4 is 5.97 Å². The van der Waals surface area contributed by atoms with E-state index in [1.807, 2.05) is 18.2 Å². The molecule has 0 spiro atoms. The standard InChI is InChI=1S/C25H42O4/c1-2-3-9-16-23(26)19-20-24(29-21-22-14-10-8-11-15-22)17-12-6-4-5-7-13-18-25(27)28/h8,10-11,14-15,23-24,26H,2-7,9,12-13,16-21H2,1H3,(H,27,28). The van der Waals surface area contributed by atoms with Crippen LogP contribution in [0.4, 0.5) is 0 Å². The number of rotatable bonds is 19. The molecule has 0 saturated heterocycles. The molecule has 0 heterocycles. The van der Waals surface area contributed by atoms with Crippen molar-refractivity contribution in [3.05, 3.63) is 35.9 Å². The number of ether oxygens (including phenoxy) is 1. The molecule has 29 heavy (non-hydrogen) atoms. The molecule has 2 unspecified atom stereocenters. The van der Waals surface area contributed by atoms with Crippen molar-refractivity contribution in [2.75, 3.05) is 0 Å². The normalized spacial score (nSPS) is 13.3. The molecule has 4 heteroatoms. The predicted octanol–water partition coefficient (Wildman–Crippen LogP) is 6.50. The second-order valence-electron chi connectivity index (χ2n) is 8.20. The monoisotopic (exact) mass is 406 g/mol. The van der Waals surface area contributed by atoms with Gasteiger partial charge >= 0.3 is 5.97 Å². The van der Waals surface area contributed by atoms with Gasteiger partial charge < -0.3 is 14.9 Å². The van der Waals surface area contributed by atoms with Crippen LogP contribution in [0.2, 0.25) is 0 Å². The molecule has 1 aromatic rings. The molecule has 0 aromatic heterocycles. The van der Waals surface area contributed by atoms with Gasteiger partial charge in [-0.3, -0.25) is 4.79 Å². The minimum absolute atomic E-state index is 0.197. The van der Waals surface area contributed by atoms with Gasteiger partial charge in [-0.2, -0.15) is 0 Å². The summed E-state index contributed by atoms with van der Waals surface area (Å²) < 4.78 is 6.20. The van der Waals surface area contributed by atoms with Gasteiger partial charge in [0.25, 0.3) is 0 Å². The van der Waals surface area contributed by atoms with E-state index in [1.165, 1.54) is 18.4 Å². The van der Waals surface area contributed by atoms with E-state index in [1.54, 1.807) is 0 Å². The summed E-state index contributed by atoms with van der Waals surface area (Å²) >= 11 is 0. The SMILES string of the molecule is CCCCCC(O)CCC(CCCCCCCCC(=O)O)OCc1ccccc1. The molecule has 2 atom stereocenters. The average Bonchev–Trinajstić information content (AvgIpc) is 2.72. The molecule has 166 valence electrons. The third-order valence-corrected chi connectivity index (χ3v) is 5.46. The number of carbonyl (C=O) groups is 1. The summed E-state index contributed by atoms with van der Waals surface area (Å²) in [6.45, 7) is 2.82. The summed E-state index contributed by atoms with van der Waals surface area (Å²) in [7, 11) is 0. The molecular formula is C25H42O4. The molecule has 1 aromatic carbocycles. The quantitative estimate of drug-likeness (QED) is 0.257. The molecule has 4 nitrogen and oxygen atoms in total. The van der Waals surface area contributed by atoms with Gasteiger partial charge in [-0.05, 0) is 37.7 Å². The van der Waals surface area contributed by atoms with Gasteiger partial charge in [0.15, 0.2) is 0 Å². The van der Waals surface area contributed by atoms with Gasteiger partial charge in [-0.25, -0.2) is 0 Å². The Hall–Kier alpha value is -1.39. The number of carboxylic acids is 1. The first-order valence-corrected chi connectivity index (χ1v) is 11.7. The molecule has 1 rings (SSSR count). The molecule has 0 amide bonds. The van der Waals surface area contributed by atoms with E-state index in [0.717, 1.165) is 70.6 Å². The van der Waals surface area contributed by atoms with Crippen LogP contribution in [0.1, 0.15) is 102 Å². The number of benzene rings is 1. The van der Waals surface area contributed by atoms with Crippen LogP contribution in [0.15, 0.2) is 30.3 Å². The van der Waals surface area contributed by atoms with Gasteiger partial charge in [0.2, 0.25) is 0 Å². The summed E-state index contributed by atoms with van der Waals surface area (Å²) in [5.41, 5.74) is 1.19. The molecule has 0 aliphatic heterocycles. The molecule has 0 bridgehead atoms. The summed E-state index contributed by atoms with van der Waals surface area (Å²) in [5.74, 6) is -0.694. The van der Waals surface area contributed by atoms with Crippen molar-refractivity contribution in [1.29, 1.82) is 0 Å². The summed E-state index contributed by atoms with van der Waals surface area (Å²) in [6.07, 6.45) is 13.8. The van der Waals surface area contributed by atoms with Crippen LogP contribution in [0.25, 0.3) is 0 Å². The minimum Gasteiger partial charge on any atom is -0.481 e. The van der Waals surface area contributed by atoms with Crippen molar-refractivity contribution in [2.24, 2.45) is 0 Å². The number of carboxylic acid groups (broad SMARTS) is 1. The van der Waals surface area contributed by atoms with Gasteiger partial charge in [-0.1, -0.05) is 88.6 Å². The number of aliphatic carboxylic acids is 1. The lowest BCUT2D eigenvalue weighted by molar-refractivity contribution is -0.137. The van der Waals surface area contributed by atoms with Crippen LogP contribution < -0.4 is 0 Å². The highest BCUT2D eigenvalue weighted by molar-refractivity contribution is 5.66. The number of hydrogen-bond acceptors (Lipinski definition) is 3. The summed E-state index contributed by atoms with van der Waals surface area (Å²) in [4.78, 5) is 10.5. The third kappa shape index (κ3) is 15.2. The Kier molecular flexibility index (Phi) is 15.4. The zero-order valence-corrected chi connectivity index (χ0v) is 18.4. The Morgan fingerprint density at radius 2 is 1.52 bits per heavy atom. The predicted molar refractivity (Wildman–Crippen MR) is 119 cm³/mol. The fourth-order valence-corrected chi connectivity index (χ4v) is 3.61. The van der Waals surface area contributed by atoms with Crippen molar-refractivity contribution in [1.82, 2.24) is 0 Å². The Bertz CT molecular complexity index is 503. The van der Waals surface area contributed by atoms with Gasteiger partial charge in [0.1, 0.15) is 0 Å². The molecule has 2 N–H and O–H groups in total. The van der Waals surface area contributed by atoms with Crippen LogP contribution >= 0.6 is 0 Å². The summed E-state index contributed by atoms with van der Waals surface area (Å²) in [6, 6.07) is 10.3. The Labute approximate surface area is 177 Å². The highest BCUT2D eigenvalue weighted by atomic mass is 16.5. The van der Waals surface area contributed by atoms with E-state index >= 15 is 0 Å². The zero-order chi connectivity index (χ0) is 21.2. The third-order valence-electron chi connectivity index (χ3n) is 5.46. The fraction of sp³-hybridized carbons (Fsp3) is 0.720. The van der Waals surface area contributed by atoms with E-state index in [9.17, 15) is 9.90 Å². The second-order valence-corrected chi connectivity index (χ2v) is 8.20. The van der Waals surface area contributed by atoms with Gasteiger partial charge in [0, 0.05) is 6.42 Å². The first-order valence-electron chi connectivity index (χ1n) is 11.7. The number of aliphatic hydroxyl groups is 1. The lowest BCUT2D eigenvalue weighted by Gasteiger charge is -2.20. The number of aliphatic hydroxyl groups excluding tert-OH is 1. The maximum absolute atomic E-state index is 10.5. The summed E-state index contributed by atoms with van der Waals surface area (Å²) in [5, 5.41) is 18.9.